The van der Waals surface area contributed by atoms with Crippen LogP contribution in [-0.2, 0) is 4.79 Å². The second-order valence-corrected chi connectivity index (χ2v) is 4.89. The predicted molar refractivity (Wildman–Crippen MR) is 71.7 cm³/mol. The van der Waals surface area contributed by atoms with Crippen LogP contribution in [0.25, 0.3) is 0 Å². The molecule has 0 bridgehead atoms. The lowest BCUT2D eigenvalue weighted by Crippen LogP contribution is -2.31. The van der Waals surface area contributed by atoms with Crippen LogP contribution in [0.5, 0.6) is 0 Å². The zero-order valence-electron chi connectivity index (χ0n) is 10.6. The third kappa shape index (κ3) is 2.89. The van der Waals surface area contributed by atoms with E-state index in [4.69, 9.17) is 11.5 Å². The van der Waals surface area contributed by atoms with Crippen LogP contribution in [0, 0.1) is 5.92 Å². The van der Waals surface area contributed by atoms with Gasteiger partial charge in [-0.2, -0.15) is 0 Å². The average molecular weight is 247 g/mol. The van der Waals surface area contributed by atoms with Gasteiger partial charge in [0.25, 0.3) is 0 Å². The van der Waals surface area contributed by atoms with Gasteiger partial charge in [-0.15, -0.1) is 0 Å². The maximum absolute atomic E-state index is 11.2. The first-order chi connectivity index (χ1) is 8.72. The molecule has 1 aliphatic rings. The van der Waals surface area contributed by atoms with Crippen LogP contribution in [0.4, 0.5) is 0 Å². The molecule has 1 aromatic carbocycles. The normalized spacial score (nSPS) is 21.9. The van der Waals surface area contributed by atoms with Gasteiger partial charge in [-0.25, -0.2) is 0 Å². The molecule has 1 heterocycles. The zero-order chi connectivity index (χ0) is 13.0. The van der Waals surface area contributed by atoms with Crippen molar-refractivity contribution >= 4 is 5.91 Å². The molecule has 4 N–H and O–H groups in total. The molecule has 0 aromatic heterocycles. The molecule has 18 heavy (non-hydrogen) atoms. The van der Waals surface area contributed by atoms with Gasteiger partial charge in [0.1, 0.15) is 0 Å². The maximum Gasteiger partial charge on any atom is 0.221 e. The van der Waals surface area contributed by atoms with Crippen LogP contribution in [0.1, 0.15) is 24.4 Å². The van der Waals surface area contributed by atoms with Gasteiger partial charge in [0.05, 0.1) is 5.92 Å². The van der Waals surface area contributed by atoms with E-state index in [9.17, 15) is 4.79 Å². The quantitative estimate of drug-likeness (QED) is 0.811. The number of likely N-dealkylation sites (tertiary alicyclic amines) is 1. The van der Waals surface area contributed by atoms with E-state index in [0.29, 0.717) is 12.6 Å². The van der Waals surface area contributed by atoms with Gasteiger partial charge < -0.3 is 11.5 Å². The summed E-state index contributed by atoms with van der Waals surface area (Å²) in [5, 5.41) is 0. The topological polar surface area (TPSA) is 72.3 Å². The molecule has 1 amide bonds. The lowest BCUT2D eigenvalue weighted by Gasteiger charge is -2.28. The minimum absolute atomic E-state index is 0.00557. The maximum atomic E-state index is 11.2. The first-order valence-corrected chi connectivity index (χ1v) is 6.50. The Labute approximate surface area is 108 Å². The fourth-order valence-corrected chi connectivity index (χ4v) is 2.70. The fourth-order valence-electron chi connectivity index (χ4n) is 2.70. The van der Waals surface area contributed by atoms with Crippen molar-refractivity contribution in [3.8, 4) is 0 Å². The summed E-state index contributed by atoms with van der Waals surface area (Å²) in [6.07, 6.45) is 1.78. The Morgan fingerprint density at radius 1 is 1.39 bits per heavy atom. The number of hydrogen-bond acceptors (Lipinski definition) is 3. The Morgan fingerprint density at radius 2 is 2.11 bits per heavy atom. The van der Waals surface area contributed by atoms with Gasteiger partial charge in [0.15, 0.2) is 0 Å². The summed E-state index contributed by atoms with van der Waals surface area (Å²) in [4.78, 5) is 13.6. The Morgan fingerprint density at radius 3 is 2.67 bits per heavy atom. The molecular weight excluding hydrogens is 226 g/mol. The van der Waals surface area contributed by atoms with E-state index in [2.05, 4.69) is 17.0 Å². The minimum atomic E-state index is -0.183. The van der Waals surface area contributed by atoms with Gasteiger partial charge >= 0.3 is 0 Å². The molecule has 0 spiro atoms. The van der Waals surface area contributed by atoms with Gasteiger partial charge in [-0.1, -0.05) is 30.3 Å². The number of primary amides is 1. The zero-order valence-corrected chi connectivity index (χ0v) is 10.6. The van der Waals surface area contributed by atoms with Crippen LogP contribution in [-0.4, -0.2) is 30.4 Å². The largest absolute Gasteiger partial charge is 0.369 e. The highest BCUT2D eigenvalue weighted by Crippen LogP contribution is 2.29. The summed E-state index contributed by atoms with van der Waals surface area (Å²) in [5.74, 6) is -0.189. The molecule has 2 unspecified atom stereocenters. The summed E-state index contributed by atoms with van der Waals surface area (Å²) >= 11 is 0. The lowest BCUT2D eigenvalue weighted by atomic mass is 10.0. The van der Waals surface area contributed by atoms with Crippen LogP contribution in [0.3, 0.4) is 0 Å². The number of benzene rings is 1. The molecule has 4 nitrogen and oxygen atoms in total. The third-order valence-electron chi connectivity index (χ3n) is 3.69. The van der Waals surface area contributed by atoms with Crippen LogP contribution < -0.4 is 11.5 Å². The summed E-state index contributed by atoms with van der Waals surface area (Å²) in [6.45, 7) is 2.33. The van der Waals surface area contributed by atoms with Crippen molar-refractivity contribution < 1.29 is 4.79 Å². The number of nitrogens with zero attached hydrogens (tertiary/aromatic N) is 1. The first-order valence-electron chi connectivity index (χ1n) is 6.50. The van der Waals surface area contributed by atoms with Crippen molar-refractivity contribution in [1.29, 1.82) is 0 Å². The van der Waals surface area contributed by atoms with Crippen molar-refractivity contribution in [3.63, 3.8) is 0 Å². The second-order valence-electron chi connectivity index (χ2n) is 4.89. The fraction of sp³-hybridized carbons (Fsp3) is 0.500. The minimum Gasteiger partial charge on any atom is -0.369 e. The van der Waals surface area contributed by atoms with Crippen LogP contribution >= 0.6 is 0 Å². The summed E-state index contributed by atoms with van der Waals surface area (Å²) in [7, 11) is 0. The SMILES string of the molecule is NCCC(c1ccccc1)N1CCC(C(N)=O)C1. The smallest absolute Gasteiger partial charge is 0.221 e. The standard InChI is InChI=1S/C14H21N3O/c15-8-6-13(11-4-2-1-3-5-11)17-9-7-12(10-17)14(16)18/h1-5,12-13H,6-10,15H2,(H2,16,18). The molecule has 4 heteroatoms. The monoisotopic (exact) mass is 247 g/mol. The van der Waals surface area contributed by atoms with Crippen LogP contribution in [0.15, 0.2) is 30.3 Å². The predicted octanol–water partition coefficient (Wildman–Crippen LogP) is 0.884. The van der Waals surface area contributed by atoms with Crippen molar-refractivity contribution in [2.45, 2.75) is 18.9 Å². The number of carbonyl (C=O) groups excluding carboxylic acids is 1. The van der Waals surface area contributed by atoms with Crippen molar-refractivity contribution in [2.75, 3.05) is 19.6 Å². The van der Waals surface area contributed by atoms with Crippen LogP contribution in [0.2, 0.25) is 0 Å². The molecule has 0 aliphatic carbocycles. The number of amides is 1. The third-order valence-corrected chi connectivity index (χ3v) is 3.69. The van der Waals surface area contributed by atoms with Gasteiger partial charge in [0, 0.05) is 12.6 Å². The summed E-state index contributed by atoms with van der Waals surface area (Å²) < 4.78 is 0. The molecule has 2 rings (SSSR count). The molecule has 1 aliphatic heterocycles. The van der Waals surface area contributed by atoms with Crippen molar-refractivity contribution in [3.05, 3.63) is 35.9 Å². The molecule has 2 atom stereocenters. The Bertz CT molecular complexity index is 393. The molecule has 0 radical (unpaired) electrons. The average Bonchev–Trinajstić information content (AvgIpc) is 2.86. The van der Waals surface area contributed by atoms with Crippen molar-refractivity contribution in [2.24, 2.45) is 17.4 Å². The number of nitrogens with two attached hydrogens (primary N) is 2. The van der Waals surface area contributed by atoms with Gasteiger partial charge in [-0.3, -0.25) is 9.69 Å². The Kier molecular flexibility index (Phi) is 4.33. The van der Waals surface area contributed by atoms with E-state index in [-0.39, 0.29) is 11.8 Å². The molecule has 1 aromatic rings. The van der Waals surface area contributed by atoms with E-state index in [0.717, 1.165) is 25.9 Å². The molecule has 0 saturated carbocycles. The summed E-state index contributed by atoms with van der Waals surface area (Å²) in [5.41, 5.74) is 12.4. The molecular formula is C14H21N3O. The molecule has 1 fully saturated rings. The number of hydrogen-bond donors (Lipinski definition) is 2. The lowest BCUT2D eigenvalue weighted by molar-refractivity contribution is -0.121. The number of carbonyl (C=O) groups is 1. The van der Waals surface area contributed by atoms with E-state index in [1.54, 1.807) is 0 Å². The van der Waals surface area contributed by atoms with E-state index in [1.165, 1.54) is 5.56 Å². The number of rotatable bonds is 5. The van der Waals surface area contributed by atoms with Gasteiger partial charge in [-0.05, 0) is 31.5 Å². The van der Waals surface area contributed by atoms with Crippen molar-refractivity contribution in [1.82, 2.24) is 4.90 Å². The van der Waals surface area contributed by atoms with Gasteiger partial charge in [0.2, 0.25) is 5.91 Å². The molecule has 98 valence electrons. The highest BCUT2D eigenvalue weighted by atomic mass is 16.1. The summed E-state index contributed by atoms with van der Waals surface area (Å²) in [6, 6.07) is 10.6. The second kappa shape index (κ2) is 5.98. The Hall–Kier alpha value is -1.39. The Balaban J connectivity index is 2.10. The van der Waals surface area contributed by atoms with E-state index >= 15 is 0 Å². The highest BCUT2D eigenvalue weighted by Gasteiger charge is 2.31. The highest BCUT2D eigenvalue weighted by molar-refractivity contribution is 5.77. The van der Waals surface area contributed by atoms with E-state index in [1.807, 2.05) is 18.2 Å². The first kappa shape index (κ1) is 13.1. The molecule has 1 saturated heterocycles. The van der Waals surface area contributed by atoms with E-state index < -0.39 is 0 Å².